The summed E-state index contributed by atoms with van der Waals surface area (Å²) in [5, 5.41) is 2.67. The van der Waals surface area contributed by atoms with Crippen molar-refractivity contribution in [3.05, 3.63) is 77.1 Å². The lowest BCUT2D eigenvalue weighted by Crippen LogP contribution is -2.24. The van der Waals surface area contributed by atoms with Gasteiger partial charge in [0.1, 0.15) is 12.4 Å². The average molecular weight is 328 g/mol. The number of carbonyl (C=O) groups is 1. The molecule has 0 unspecified atom stereocenters. The Morgan fingerprint density at radius 1 is 1.21 bits per heavy atom. The van der Waals surface area contributed by atoms with Gasteiger partial charge in [-0.25, -0.2) is 9.18 Å². The number of alkyl carbamates (subject to hydrolysis) is 1. The molecule has 24 heavy (non-hydrogen) atoms. The predicted molar refractivity (Wildman–Crippen MR) is 92.6 cm³/mol. The molecule has 0 fully saturated rings. The molecule has 0 aliphatic rings. The number of rotatable bonds is 7. The third kappa shape index (κ3) is 5.85. The first-order chi connectivity index (χ1) is 11.7. The summed E-state index contributed by atoms with van der Waals surface area (Å²) < 4.78 is 18.7. The van der Waals surface area contributed by atoms with E-state index in [1.165, 1.54) is 6.07 Å². The summed E-state index contributed by atoms with van der Waals surface area (Å²) in [6.45, 7) is 0.883. The normalized spacial score (nSPS) is 10.8. The predicted octanol–water partition coefficient (Wildman–Crippen LogP) is 3.61. The van der Waals surface area contributed by atoms with E-state index in [1.54, 1.807) is 12.1 Å². The highest BCUT2D eigenvalue weighted by Crippen LogP contribution is 2.11. The monoisotopic (exact) mass is 328 g/mol. The van der Waals surface area contributed by atoms with Crippen molar-refractivity contribution in [3.8, 4) is 0 Å². The second-order valence-electron chi connectivity index (χ2n) is 5.23. The fraction of sp³-hybridized carbons (Fsp3) is 0.211. The molecule has 4 nitrogen and oxygen atoms in total. The fourth-order valence-corrected chi connectivity index (χ4v) is 2.08. The van der Waals surface area contributed by atoms with E-state index in [1.807, 2.05) is 42.5 Å². The average Bonchev–Trinajstić information content (AvgIpc) is 2.61. The van der Waals surface area contributed by atoms with Crippen LogP contribution in [-0.4, -0.2) is 12.6 Å². The highest BCUT2D eigenvalue weighted by atomic mass is 19.1. The number of halogens is 1. The van der Waals surface area contributed by atoms with Crippen LogP contribution in [0.4, 0.5) is 9.18 Å². The van der Waals surface area contributed by atoms with Crippen LogP contribution < -0.4 is 11.1 Å². The summed E-state index contributed by atoms with van der Waals surface area (Å²) in [5.74, 6) is -0.303. The summed E-state index contributed by atoms with van der Waals surface area (Å²) in [7, 11) is 0. The van der Waals surface area contributed by atoms with Crippen molar-refractivity contribution in [2.75, 3.05) is 6.54 Å². The van der Waals surface area contributed by atoms with Gasteiger partial charge < -0.3 is 15.8 Å². The highest BCUT2D eigenvalue weighted by Gasteiger charge is 2.01. The van der Waals surface area contributed by atoms with E-state index in [-0.39, 0.29) is 19.0 Å². The SMILES string of the molecule is NCc1ccc(C=CCCNC(=O)OCc2ccccc2)cc1F. The van der Waals surface area contributed by atoms with Crippen LogP contribution in [0, 0.1) is 5.82 Å². The van der Waals surface area contributed by atoms with Crippen molar-refractivity contribution in [1.82, 2.24) is 5.32 Å². The molecule has 5 heteroatoms. The molecule has 0 radical (unpaired) electrons. The van der Waals surface area contributed by atoms with Crippen LogP contribution in [-0.2, 0) is 17.9 Å². The van der Waals surface area contributed by atoms with Gasteiger partial charge in [-0.05, 0) is 23.6 Å². The van der Waals surface area contributed by atoms with E-state index in [9.17, 15) is 9.18 Å². The molecule has 0 atom stereocenters. The maximum atomic E-state index is 13.6. The Morgan fingerprint density at radius 3 is 2.71 bits per heavy atom. The van der Waals surface area contributed by atoms with E-state index in [0.29, 0.717) is 18.5 Å². The zero-order chi connectivity index (χ0) is 17.2. The second kappa shape index (κ2) is 9.47. The third-order valence-electron chi connectivity index (χ3n) is 3.40. The van der Waals surface area contributed by atoms with Crippen LogP contribution in [0.1, 0.15) is 23.1 Å². The Bertz CT molecular complexity index is 687. The Labute approximate surface area is 141 Å². The zero-order valence-electron chi connectivity index (χ0n) is 13.4. The van der Waals surface area contributed by atoms with Gasteiger partial charge in [-0.1, -0.05) is 54.6 Å². The van der Waals surface area contributed by atoms with E-state index in [0.717, 1.165) is 11.1 Å². The van der Waals surface area contributed by atoms with Crippen LogP contribution in [0.15, 0.2) is 54.6 Å². The second-order valence-corrected chi connectivity index (χ2v) is 5.23. The van der Waals surface area contributed by atoms with Gasteiger partial charge >= 0.3 is 6.09 Å². The van der Waals surface area contributed by atoms with Crippen LogP contribution in [0.5, 0.6) is 0 Å². The number of hydrogen-bond acceptors (Lipinski definition) is 3. The van der Waals surface area contributed by atoms with Crippen molar-refractivity contribution in [2.24, 2.45) is 5.73 Å². The highest BCUT2D eigenvalue weighted by molar-refractivity contribution is 5.67. The summed E-state index contributed by atoms with van der Waals surface area (Å²) in [6.07, 6.45) is 3.85. The number of nitrogens with one attached hydrogen (secondary N) is 1. The Balaban J connectivity index is 1.66. The van der Waals surface area contributed by atoms with Crippen molar-refractivity contribution in [3.63, 3.8) is 0 Å². The summed E-state index contributed by atoms with van der Waals surface area (Å²) >= 11 is 0. The number of benzene rings is 2. The molecule has 0 heterocycles. The first-order valence-corrected chi connectivity index (χ1v) is 7.78. The quantitative estimate of drug-likeness (QED) is 0.763. The van der Waals surface area contributed by atoms with E-state index in [2.05, 4.69) is 5.32 Å². The number of nitrogens with two attached hydrogens (primary N) is 1. The zero-order valence-corrected chi connectivity index (χ0v) is 13.4. The molecular weight excluding hydrogens is 307 g/mol. The molecule has 0 spiro atoms. The lowest BCUT2D eigenvalue weighted by atomic mass is 10.1. The van der Waals surface area contributed by atoms with Crippen LogP contribution in [0.25, 0.3) is 6.08 Å². The van der Waals surface area contributed by atoms with Crippen molar-refractivity contribution in [2.45, 2.75) is 19.6 Å². The van der Waals surface area contributed by atoms with Gasteiger partial charge in [0, 0.05) is 18.7 Å². The summed E-state index contributed by atoms with van der Waals surface area (Å²) in [5.41, 5.74) is 7.62. The Morgan fingerprint density at radius 2 is 2.00 bits per heavy atom. The van der Waals surface area contributed by atoms with Gasteiger partial charge in [-0.15, -0.1) is 0 Å². The molecule has 126 valence electrons. The third-order valence-corrected chi connectivity index (χ3v) is 3.40. The Hall–Kier alpha value is -2.66. The molecule has 0 bridgehead atoms. The molecule has 0 aromatic heterocycles. The fourth-order valence-electron chi connectivity index (χ4n) is 2.08. The first kappa shape index (κ1) is 17.7. The van der Waals surface area contributed by atoms with E-state index >= 15 is 0 Å². The Kier molecular flexibility index (Phi) is 6.98. The smallest absolute Gasteiger partial charge is 0.407 e. The van der Waals surface area contributed by atoms with Gasteiger partial charge in [-0.3, -0.25) is 0 Å². The van der Waals surface area contributed by atoms with Crippen LogP contribution in [0.3, 0.4) is 0 Å². The molecule has 0 aliphatic carbocycles. The van der Waals surface area contributed by atoms with Crippen LogP contribution >= 0.6 is 0 Å². The maximum Gasteiger partial charge on any atom is 0.407 e. The van der Waals surface area contributed by atoms with Gasteiger partial charge in [-0.2, -0.15) is 0 Å². The molecular formula is C19H21FN2O2. The minimum atomic E-state index is -0.453. The minimum Gasteiger partial charge on any atom is -0.445 e. The van der Waals surface area contributed by atoms with Crippen molar-refractivity contribution >= 4 is 12.2 Å². The molecule has 0 aliphatic heterocycles. The van der Waals surface area contributed by atoms with Gasteiger partial charge in [0.05, 0.1) is 0 Å². The van der Waals surface area contributed by atoms with Gasteiger partial charge in [0.2, 0.25) is 0 Å². The molecule has 0 saturated carbocycles. The molecule has 2 rings (SSSR count). The molecule has 2 aromatic carbocycles. The molecule has 3 N–H and O–H groups in total. The first-order valence-electron chi connectivity index (χ1n) is 7.78. The van der Waals surface area contributed by atoms with Gasteiger partial charge in [0.25, 0.3) is 0 Å². The van der Waals surface area contributed by atoms with Crippen molar-refractivity contribution < 1.29 is 13.9 Å². The minimum absolute atomic E-state index is 0.185. The molecule has 0 saturated heterocycles. The van der Waals surface area contributed by atoms with Crippen molar-refractivity contribution in [1.29, 1.82) is 0 Å². The number of carbonyl (C=O) groups excluding carboxylic acids is 1. The lowest BCUT2D eigenvalue weighted by molar-refractivity contribution is 0.140. The maximum absolute atomic E-state index is 13.6. The summed E-state index contributed by atoms with van der Waals surface area (Å²) in [4.78, 5) is 11.5. The summed E-state index contributed by atoms with van der Waals surface area (Å²) in [6, 6.07) is 14.4. The molecule has 2 aromatic rings. The lowest BCUT2D eigenvalue weighted by Gasteiger charge is -2.06. The number of hydrogen-bond donors (Lipinski definition) is 2. The molecule has 1 amide bonds. The van der Waals surface area contributed by atoms with E-state index in [4.69, 9.17) is 10.5 Å². The standard InChI is InChI=1S/C19H21FN2O2/c20-18-12-15(9-10-17(18)13-21)6-4-5-11-22-19(23)24-14-16-7-2-1-3-8-16/h1-4,6-10,12H,5,11,13-14,21H2,(H,22,23). The number of ether oxygens (including phenoxy) is 1. The van der Waals surface area contributed by atoms with E-state index < -0.39 is 6.09 Å². The van der Waals surface area contributed by atoms with Gasteiger partial charge in [0.15, 0.2) is 0 Å². The topological polar surface area (TPSA) is 64.3 Å². The largest absolute Gasteiger partial charge is 0.445 e. The number of amides is 1. The van der Waals surface area contributed by atoms with Crippen LogP contribution in [0.2, 0.25) is 0 Å².